The van der Waals surface area contributed by atoms with Crippen molar-refractivity contribution in [3.63, 3.8) is 0 Å². The summed E-state index contributed by atoms with van der Waals surface area (Å²) in [4.78, 5) is 31.7. The number of rotatable bonds is 9. The maximum Gasteiger partial charge on any atom is 0.328 e. The number of carbonyl (C=O) groups is 2. The van der Waals surface area contributed by atoms with Crippen molar-refractivity contribution in [1.29, 1.82) is 0 Å². The van der Waals surface area contributed by atoms with Gasteiger partial charge in [-0.1, -0.05) is 26.0 Å². The third kappa shape index (κ3) is 6.67. The van der Waals surface area contributed by atoms with E-state index in [1.54, 1.807) is 6.07 Å². The normalized spacial score (nSPS) is 22.6. The molecule has 4 atom stereocenters. The number of nitrogens with two attached hydrogens (primary N) is 2. The molecule has 2 aliphatic heterocycles. The fourth-order valence-corrected chi connectivity index (χ4v) is 6.30. The summed E-state index contributed by atoms with van der Waals surface area (Å²) in [5.74, 6) is -0.431. The van der Waals surface area contributed by atoms with Gasteiger partial charge >= 0.3 is 5.97 Å². The van der Waals surface area contributed by atoms with Gasteiger partial charge in [0.1, 0.15) is 17.0 Å². The van der Waals surface area contributed by atoms with Crippen LogP contribution in [0.2, 0.25) is 0 Å². The zero-order valence-electron chi connectivity index (χ0n) is 21.2. The van der Waals surface area contributed by atoms with E-state index in [-0.39, 0.29) is 29.7 Å². The van der Waals surface area contributed by atoms with Gasteiger partial charge in [0.25, 0.3) is 0 Å². The Morgan fingerprint density at radius 2 is 2.03 bits per heavy atom. The lowest BCUT2D eigenvalue weighted by atomic mass is 9.91. The van der Waals surface area contributed by atoms with E-state index in [1.807, 2.05) is 13.0 Å². The lowest BCUT2D eigenvalue weighted by Crippen LogP contribution is -2.56. The number of likely N-dealkylation sites (tertiary alicyclic amines) is 1. The highest BCUT2D eigenvalue weighted by atomic mass is 32.2. The molecular formula is C24H38N6O5S. The van der Waals surface area contributed by atoms with Gasteiger partial charge in [0.05, 0.1) is 12.8 Å². The Hall–Kier alpha value is -2.86. The largest absolute Gasteiger partial charge is 0.467 e. The van der Waals surface area contributed by atoms with E-state index in [2.05, 4.69) is 22.0 Å². The fourth-order valence-electron chi connectivity index (χ4n) is 4.85. The van der Waals surface area contributed by atoms with E-state index >= 15 is 0 Å². The van der Waals surface area contributed by atoms with Crippen LogP contribution in [0.3, 0.4) is 0 Å². The molecule has 1 fully saturated rings. The number of hydrogen-bond acceptors (Lipinski definition) is 7. The average molecular weight is 523 g/mol. The number of carbonyl (C=O) groups excluding carboxylic acids is 2. The van der Waals surface area contributed by atoms with Crippen LogP contribution in [0.15, 0.2) is 28.1 Å². The molecule has 0 unspecified atom stereocenters. The topological polar surface area (TPSA) is 169 Å². The van der Waals surface area contributed by atoms with E-state index in [9.17, 15) is 18.0 Å². The molecule has 0 saturated carbocycles. The molecule has 1 aromatic carbocycles. The Labute approximate surface area is 213 Å². The van der Waals surface area contributed by atoms with Crippen LogP contribution in [0, 0.1) is 11.8 Å². The first-order chi connectivity index (χ1) is 17.0. The zero-order valence-corrected chi connectivity index (χ0v) is 22.0. The van der Waals surface area contributed by atoms with Crippen LogP contribution in [0.25, 0.3) is 0 Å². The van der Waals surface area contributed by atoms with Crippen molar-refractivity contribution in [2.24, 2.45) is 28.3 Å². The number of aliphatic imine (C=N–C) groups is 1. The molecule has 0 aromatic heterocycles. The van der Waals surface area contributed by atoms with Crippen LogP contribution in [0.5, 0.6) is 0 Å². The van der Waals surface area contributed by atoms with E-state index in [0.29, 0.717) is 44.0 Å². The summed E-state index contributed by atoms with van der Waals surface area (Å²) in [6.07, 6.45) is 2.46. The third-order valence-corrected chi connectivity index (χ3v) is 8.27. The summed E-state index contributed by atoms with van der Waals surface area (Å²) in [6, 6.07) is 3.30. The van der Waals surface area contributed by atoms with Crippen LogP contribution in [0.4, 0.5) is 5.69 Å². The molecule has 11 nitrogen and oxygen atoms in total. The molecular weight excluding hydrogens is 484 g/mol. The molecule has 36 heavy (non-hydrogen) atoms. The standard InChI is InChI=1S/C24H38N6O5S/c1-15-9-11-30(19(13-15)23(32)35-3)22(31)18(7-5-10-27-24(25)26)29-36(33,34)20-8-4-6-17-12-16(2)14-28-21(17)20/h4,6,8,15-16,18-19,28-29H,5,7,9-14H2,1-3H3,(H4,25,26,27)/t15-,16-,18-,19-/m1/s1. The van der Waals surface area contributed by atoms with Gasteiger partial charge in [0.15, 0.2) is 5.96 Å². The molecule has 1 saturated heterocycles. The summed E-state index contributed by atoms with van der Waals surface area (Å²) in [5.41, 5.74) is 12.3. The van der Waals surface area contributed by atoms with E-state index in [1.165, 1.54) is 18.1 Å². The third-order valence-electron chi connectivity index (χ3n) is 6.76. The molecule has 3 rings (SSSR count). The van der Waals surface area contributed by atoms with Gasteiger partial charge < -0.3 is 26.4 Å². The maximum absolute atomic E-state index is 13.7. The van der Waals surface area contributed by atoms with Gasteiger partial charge in [-0.25, -0.2) is 13.2 Å². The molecule has 0 bridgehead atoms. The molecule has 12 heteroatoms. The van der Waals surface area contributed by atoms with Crippen LogP contribution < -0.4 is 21.5 Å². The molecule has 0 spiro atoms. The van der Waals surface area contributed by atoms with Crippen LogP contribution in [0.1, 0.15) is 45.1 Å². The van der Waals surface area contributed by atoms with Crippen molar-refractivity contribution in [3.05, 3.63) is 23.8 Å². The molecule has 200 valence electrons. The molecule has 2 aliphatic rings. The SMILES string of the molecule is COC(=O)[C@H]1C[C@H](C)CCN1C(=O)[C@@H](CCCN=C(N)N)NS(=O)(=O)c1cccc2c1NC[C@H](C)C2. The second kappa shape index (κ2) is 11.9. The number of guanidine groups is 1. The Morgan fingerprint density at radius 1 is 1.28 bits per heavy atom. The Balaban J connectivity index is 1.89. The van der Waals surface area contributed by atoms with Crippen molar-refractivity contribution in [1.82, 2.24) is 9.62 Å². The summed E-state index contributed by atoms with van der Waals surface area (Å²) in [5, 5.41) is 3.23. The number of esters is 1. The molecule has 6 N–H and O–H groups in total. The summed E-state index contributed by atoms with van der Waals surface area (Å²) < 4.78 is 34.7. The van der Waals surface area contributed by atoms with Crippen molar-refractivity contribution in [2.45, 2.75) is 62.9 Å². The number of nitrogens with zero attached hydrogens (tertiary/aromatic N) is 2. The van der Waals surface area contributed by atoms with Crippen LogP contribution in [-0.2, 0) is 30.8 Å². The first kappa shape index (κ1) is 27.7. The number of methoxy groups -OCH3 is 1. The maximum atomic E-state index is 13.7. The number of sulfonamides is 1. The van der Waals surface area contributed by atoms with Crippen molar-refractivity contribution in [3.8, 4) is 0 Å². The highest BCUT2D eigenvalue weighted by Gasteiger charge is 2.39. The van der Waals surface area contributed by atoms with Crippen molar-refractivity contribution < 1.29 is 22.7 Å². The molecule has 1 amide bonds. The van der Waals surface area contributed by atoms with Gasteiger partial charge in [0, 0.05) is 19.6 Å². The monoisotopic (exact) mass is 522 g/mol. The predicted octanol–water partition coefficient (Wildman–Crippen LogP) is 0.791. The number of benzene rings is 1. The molecule has 0 aliphatic carbocycles. The minimum Gasteiger partial charge on any atom is -0.467 e. The summed E-state index contributed by atoms with van der Waals surface area (Å²) in [6.45, 7) is 5.35. The predicted molar refractivity (Wildman–Crippen MR) is 138 cm³/mol. The van der Waals surface area contributed by atoms with Gasteiger partial charge in [-0.15, -0.1) is 0 Å². The second-order valence-electron chi connectivity index (χ2n) is 9.80. The van der Waals surface area contributed by atoms with Crippen molar-refractivity contribution >= 4 is 33.5 Å². The lowest BCUT2D eigenvalue weighted by Gasteiger charge is -2.38. The number of fused-ring (bicyclic) bond motifs is 1. The van der Waals surface area contributed by atoms with Gasteiger partial charge in [-0.2, -0.15) is 4.72 Å². The summed E-state index contributed by atoms with van der Waals surface area (Å²) in [7, 11) is -2.79. The Morgan fingerprint density at radius 3 is 2.72 bits per heavy atom. The number of nitrogens with one attached hydrogen (secondary N) is 2. The minimum absolute atomic E-state index is 0.0783. The van der Waals surface area contributed by atoms with E-state index in [4.69, 9.17) is 16.2 Å². The quantitative estimate of drug-likeness (QED) is 0.160. The first-order valence-corrected chi connectivity index (χ1v) is 13.8. The lowest BCUT2D eigenvalue weighted by molar-refractivity contribution is -0.156. The van der Waals surface area contributed by atoms with E-state index in [0.717, 1.165) is 12.0 Å². The summed E-state index contributed by atoms with van der Waals surface area (Å²) >= 11 is 0. The van der Waals surface area contributed by atoms with Crippen molar-refractivity contribution in [2.75, 3.05) is 32.1 Å². The highest BCUT2D eigenvalue weighted by Crippen LogP contribution is 2.32. The smallest absolute Gasteiger partial charge is 0.328 e. The molecule has 1 aromatic rings. The Bertz CT molecular complexity index is 1090. The Kier molecular flexibility index (Phi) is 9.18. The second-order valence-corrected chi connectivity index (χ2v) is 11.5. The molecule has 2 heterocycles. The van der Waals surface area contributed by atoms with E-state index < -0.39 is 34.0 Å². The molecule has 0 radical (unpaired) electrons. The number of ether oxygens (including phenoxy) is 1. The number of anilines is 1. The fraction of sp³-hybridized carbons (Fsp3) is 0.625. The average Bonchev–Trinajstić information content (AvgIpc) is 2.84. The first-order valence-electron chi connectivity index (χ1n) is 12.3. The van der Waals surface area contributed by atoms with Crippen LogP contribution in [-0.4, -0.2) is 70.0 Å². The van der Waals surface area contributed by atoms with Gasteiger partial charge in [-0.3, -0.25) is 9.79 Å². The highest BCUT2D eigenvalue weighted by molar-refractivity contribution is 7.89. The van der Waals surface area contributed by atoms with Crippen LogP contribution >= 0.6 is 0 Å². The van der Waals surface area contributed by atoms with Gasteiger partial charge in [-0.05, 0) is 55.6 Å². The number of hydrogen-bond donors (Lipinski definition) is 4. The number of para-hydroxylation sites is 1. The van der Waals surface area contributed by atoms with Gasteiger partial charge in [0.2, 0.25) is 15.9 Å². The number of piperidine rings is 1. The zero-order chi connectivity index (χ0) is 26.5. The minimum atomic E-state index is -4.07. The number of amides is 1.